The molecule has 0 radical (unpaired) electrons. The average molecular weight is 558 g/mol. The van der Waals surface area contributed by atoms with E-state index in [1.165, 1.54) is 17.0 Å². The fourth-order valence-electron chi connectivity index (χ4n) is 5.58. The minimum atomic E-state index is -4.83. The zero-order chi connectivity index (χ0) is 27.9. The second-order valence-corrected chi connectivity index (χ2v) is 9.86. The first-order valence-corrected chi connectivity index (χ1v) is 12.5. The summed E-state index contributed by atoms with van der Waals surface area (Å²) < 4.78 is 95.0. The molecule has 39 heavy (non-hydrogen) atoms. The second kappa shape index (κ2) is 10.3. The first-order valence-electron chi connectivity index (χ1n) is 12.5. The molecule has 210 valence electrons. The number of aromatic amines is 1. The number of H-pyrrole nitrogens is 1. The summed E-state index contributed by atoms with van der Waals surface area (Å²) >= 11 is 0. The normalized spacial score (nSPS) is 17.8. The van der Waals surface area contributed by atoms with Crippen LogP contribution in [-0.2, 0) is 12.8 Å². The molecule has 4 heterocycles. The van der Waals surface area contributed by atoms with Crippen molar-refractivity contribution in [2.45, 2.75) is 44.1 Å². The standard InChI is InChI=1S/C26H25F7N4O2/c27-19-13-34-23-22(18-7-9-36(14-25(28,29)30)10-8-20(18)35-23)21(19)15-5-11-37(12-6-15)24(38)16-1-3-17(4-2-16)39-26(31,32)33/h1-4,13,15H,5-12,14H2,(H,34,35). The van der Waals surface area contributed by atoms with Crippen LogP contribution in [0.15, 0.2) is 30.5 Å². The van der Waals surface area contributed by atoms with Crippen molar-refractivity contribution < 1.29 is 40.3 Å². The zero-order valence-electron chi connectivity index (χ0n) is 20.6. The Balaban J connectivity index is 1.31. The third-order valence-electron chi connectivity index (χ3n) is 7.29. The van der Waals surface area contributed by atoms with Gasteiger partial charge in [0.1, 0.15) is 17.2 Å². The van der Waals surface area contributed by atoms with E-state index in [0.717, 1.165) is 29.6 Å². The number of alkyl halides is 6. The largest absolute Gasteiger partial charge is 0.573 e. The Hall–Kier alpha value is -3.35. The number of fused-ring (bicyclic) bond motifs is 3. The van der Waals surface area contributed by atoms with Crippen molar-refractivity contribution in [2.75, 3.05) is 32.7 Å². The molecule has 2 aromatic heterocycles. The van der Waals surface area contributed by atoms with E-state index in [2.05, 4.69) is 14.7 Å². The van der Waals surface area contributed by atoms with Gasteiger partial charge in [0.15, 0.2) is 0 Å². The third kappa shape index (κ3) is 6.13. The molecule has 3 aromatic rings. The lowest BCUT2D eigenvalue weighted by atomic mass is 9.86. The fraction of sp³-hybridized carbons (Fsp3) is 0.462. The van der Waals surface area contributed by atoms with Crippen LogP contribution in [0, 0.1) is 5.82 Å². The van der Waals surface area contributed by atoms with E-state index in [-0.39, 0.29) is 30.5 Å². The summed E-state index contributed by atoms with van der Waals surface area (Å²) in [4.78, 5) is 23.2. The van der Waals surface area contributed by atoms with E-state index in [1.54, 1.807) is 4.90 Å². The summed E-state index contributed by atoms with van der Waals surface area (Å²) in [7, 11) is 0. The molecule has 0 unspecified atom stereocenters. The SMILES string of the molecule is O=C(c1ccc(OC(F)(F)F)cc1)N1CCC(c2c(F)cnc3[nH]c4c(c23)CCN(CC(F)(F)F)CC4)CC1. The first kappa shape index (κ1) is 27.2. The number of piperidine rings is 1. The molecule has 1 saturated heterocycles. The van der Waals surface area contributed by atoms with Crippen molar-refractivity contribution >= 4 is 16.9 Å². The minimum Gasteiger partial charge on any atom is -0.406 e. The first-order chi connectivity index (χ1) is 18.4. The van der Waals surface area contributed by atoms with Gasteiger partial charge in [0.25, 0.3) is 5.91 Å². The number of nitrogens with one attached hydrogen (secondary N) is 1. The average Bonchev–Trinajstić information content (AvgIpc) is 3.10. The second-order valence-electron chi connectivity index (χ2n) is 9.86. The molecule has 0 aliphatic carbocycles. The summed E-state index contributed by atoms with van der Waals surface area (Å²) in [6.45, 7) is 0.0223. The van der Waals surface area contributed by atoms with Crippen molar-refractivity contribution in [3.05, 3.63) is 58.7 Å². The summed E-state index contributed by atoms with van der Waals surface area (Å²) in [6.07, 6.45) is -6.41. The van der Waals surface area contributed by atoms with Gasteiger partial charge in [-0.3, -0.25) is 9.69 Å². The number of benzene rings is 1. The number of ether oxygens (including phenoxy) is 1. The zero-order valence-corrected chi connectivity index (χ0v) is 20.6. The van der Waals surface area contributed by atoms with Crippen molar-refractivity contribution in [3.63, 3.8) is 0 Å². The Morgan fingerprint density at radius 3 is 2.31 bits per heavy atom. The molecule has 1 N–H and O–H groups in total. The number of pyridine rings is 1. The van der Waals surface area contributed by atoms with Crippen LogP contribution >= 0.6 is 0 Å². The Bertz CT molecular complexity index is 1340. The molecule has 0 spiro atoms. The van der Waals surface area contributed by atoms with Crippen LogP contribution in [0.2, 0.25) is 0 Å². The van der Waals surface area contributed by atoms with Crippen LogP contribution in [0.1, 0.15) is 45.9 Å². The van der Waals surface area contributed by atoms with E-state index in [9.17, 15) is 31.1 Å². The van der Waals surface area contributed by atoms with Gasteiger partial charge in [-0.2, -0.15) is 13.2 Å². The van der Waals surface area contributed by atoms with E-state index < -0.39 is 30.7 Å². The topological polar surface area (TPSA) is 61.5 Å². The number of carbonyl (C=O) groups excluding carboxylic acids is 1. The van der Waals surface area contributed by atoms with E-state index in [4.69, 9.17) is 0 Å². The molecule has 0 atom stereocenters. The van der Waals surface area contributed by atoms with Gasteiger partial charge < -0.3 is 14.6 Å². The van der Waals surface area contributed by atoms with E-state index >= 15 is 4.39 Å². The molecule has 13 heteroatoms. The smallest absolute Gasteiger partial charge is 0.406 e. The van der Waals surface area contributed by atoms with Crippen LogP contribution < -0.4 is 4.74 Å². The van der Waals surface area contributed by atoms with Gasteiger partial charge >= 0.3 is 12.5 Å². The maximum Gasteiger partial charge on any atom is 0.573 e. The number of likely N-dealkylation sites (tertiary alicyclic amines) is 1. The highest BCUT2D eigenvalue weighted by Crippen LogP contribution is 2.38. The van der Waals surface area contributed by atoms with Crippen LogP contribution in [0.4, 0.5) is 30.7 Å². The van der Waals surface area contributed by atoms with Gasteiger partial charge in [0.2, 0.25) is 0 Å². The van der Waals surface area contributed by atoms with Gasteiger partial charge in [-0.15, -0.1) is 13.2 Å². The van der Waals surface area contributed by atoms with Crippen LogP contribution in [0.5, 0.6) is 5.75 Å². The van der Waals surface area contributed by atoms with Gasteiger partial charge in [-0.05, 0) is 55.0 Å². The molecular formula is C26H25F7N4O2. The minimum absolute atomic E-state index is 0.190. The number of aromatic nitrogens is 2. The predicted molar refractivity (Wildman–Crippen MR) is 127 cm³/mol. The molecule has 1 fully saturated rings. The van der Waals surface area contributed by atoms with Crippen LogP contribution in [0.3, 0.4) is 0 Å². The summed E-state index contributed by atoms with van der Waals surface area (Å²) in [5, 5.41) is 0.615. The molecule has 6 nitrogen and oxygen atoms in total. The third-order valence-corrected chi connectivity index (χ3v) is 7.29. The number of rotatable bonds is 4. The lowest BCUT2D eigenvalue weighted by Crippen LogP contribution is -2.38. The molecule has 1 amide bonds. The Morgan fingerprint density at radius 2 is 1.67 bits per heavy atom. The Labute approximate surface area is 218 Å². The van der Waals surface area contributed by atoms with E-state index in [0.29, 0.717) is 55.4 Å². The highest BCUT2D eigenvalue weighted by Gasteiger charge is 2.34. The number of nitrogens with zero attached hydrogens (tertiary/aromatic N) is 3. The molecule has 2 aliphatic rings. The Kier molecular flexibility index (Phi) is 7.21. The molecule has 0 saturated carbocycles. The lowest BCUT2D eigenvalue weighted by molar-refractivity contribution is -0.274. The summed E-state index contributed by atoms with van der Waals surface area (Å²) in [5.41, 5.74) is 2.72. The monoisotopic (exact) mass is 558 g/mol. The number of hydrogen-bond acceptors (Lipinski definition) is 4. The van der Waals surface area contributed by atoms with Gasteiger partial charge in [0.05, 0.1) is 12.7 Å². The Morgan fingerprint density at radius 1 is 1.00 bits per heavy atom. The highest BCUT2D eigenvalue weighted by molar-refractivity contribution is 5.94. The van der Waals surface area contributed by atoms with Gasteiger partial charge in [-0.1, -0.05) is 0 Å². The van der Waals surface area contributed by atoms with Crippen molar-refractivity contribution in [1.29, 1.82) is 0 Å². The molecule has 5 rings (SSSR count). The summed E-state index contributed by atoms with van der Waals surface area (Å²) in [5.74, 6) is -1.52. The van der Waals surface area contributed by atoms with Crippen molar-refractivity contribution in [1.82, 2.24) is 19.8 Å². The lowest BCUT2D eigenvalue weighted by Gasteiger charge is -2.33. The predicted octanol–water partition coefficient (Wildman–Crippen LogP) is 5.58. The summed E-state index contributed by atoms with van der Waals surface area (Å²) in [6, 6.07) is 4.67. The van der Waals surface area contributed by atoms with Crippen LogP contribution in [-0.4, -0.2) is 70.9 Å². The number of hydrogen-bond donors (Lipinski definition) is 1. The van der Waals surface area contributed by atoms with Crippen molar-refractivity contribution in [2.24, 2.45) is 0 Å². The highest BCUT2D eigenvalue weighted by atomic mass is 19.4. The number of carbonyl (C=O) groups is 1. The van der Waals surface area contributed by atoms with Crippen LogP contribution in [0.25, 0.3) is 11.0 Å². The van der Waals surface area contributed by atoms with Crippen molar-refractivity contribution in [3.8, 4) is 5.75 Å². The number of amides is 1. The quantitative estimate of drug-likeness (QED) is 0.425. The van der Waals surface area contributed by atoms with Gasteiger partial charge in [-0.25, -0.2) is 9.37 Å². The van der Waals surface area contributed by atoms with E-state index in [1.807, 2.05) is 0 Å². The number of halogens is 7. The maximum atomic E-state index is 15.2. The fourth-order valence-corrected chi connectivity index (χ4v) is 5.58. The maximum absolute atomic E-state index is 15.2. The molecule has 1 aromatic carbocycles. The van der Waals surface area contributed by atoms with Gasteiger partial charge in [0, 0.05) is 54.8 Å². The molecule has 2 aliphatic heterocycles. The molecule has 0 bridgehead atoms. The molecular weight excluding hydrogens is 533 g/mol.